The molecule has 0 fully saturated rings. The SMILES string of the molecule is CCCn1nncc1-c1cc(NCC)nc(COC)n1. The molecule has 0 atom stereocenters. The number of nitrogens with one attached hydrogen (secondary N) is 1. The lowest BCUT2D eigenvalue weighted by molar-refractivity contribution is 0.178. The molecule has 0 bridgehead atoms. The van der Waals surface area contributed by atoms with E-state index >= 15 is 0 Å². The molecule has 0 aliphatic heterocycles. The molecule has 2 aromatic rings. The number of nitrogens with zero attached hydrogens (tertiary/aromatic N) is 5. The van der Waals surface area contributed by atoms with Crippen molar-refractivity contribution in [2.75, 3.05) is 19.0 Å². The van der Waals surface area contributed by atoms with Crippen LogP contribution in [0.5, 0.6) is 0 Å². The minimum Gasteiger partial charge on any atom is -0.377 e. The second-order valence-corrected chi connectivity index (χ2v) is 4.36. The third kappa shape index (κ3) is 3.30. The molecule has 108 valence electrons. The number of methoxy groups -OCH3 is 1. The van der Waals surface area contributed by atoms with Crippen molar-refractivity contribution in [3.05, 3.63) is 18.1 Å². The van der Waals surface area contributed by atoms with Gasteiger partial charge in [-0.05, 0) is 13.3 Å². The lowest BCUT2D eigenvalue weighted by atomic mass is 10.3. The standard InChI is InChI=1S/C13H20N6O/c1-4-6-19-11(8-15-18-19)10-7-12(14-5-2)17-13(16-10)9-20-3/h7-8H,4-6,9H2,1-3H3,(H,14,16,17). The van der Waals surface area contributed by atoms with Crippen LogP contribution in [0.2, 0.25) is 0 Å². The highest BCUT2D eigenvalue weighted by molar-refractivity contribution is 5.58. The lowest BCUT2D eigenvalue weighted by Crippen LogP contribution is -2.08. The third-order valence-electron chi connectivity index (χ3n) is 2.72. The van der Waals surface area contributed by atoms with Gasteiger partial charge in [0.2, 0.25) is 0 Å². The molecule has 2 heterocycles. The van der Waals surface area contributed by atoms with Gasteiger partial charge in [-0.15, -0.1) is 5.10 Å². The molecule has 20 heavy (non-hydrogen) atoms. The summed E-state index contributed by atoms with van der Waals surface area (Å²) in [5, 5.41) is 11.3. The van der Waals surface area contributed by atoms with Gasteiger partial charge in [0.1, 0.15) is 18.1 Å². The number of rotatable bonds is 7. The lowest BCUT2D eigenvalue weighted by Gasteiger charge is -2.09. The van der Waals surface area contributed by atoms with Crippen LogP contribution in [0.3, 0.4) is 0 Å². The molecule has 2 aromatic heterocycles. The van der Waals surface area contributed by atoms with Crippen LogP contribution in [0.15, 0.2) is 12.3 Å². The Kier molecular flexibility index (Phi) is 5.00. The number of aryl methyl sites for hydroxylation is 1. The van der Waals surface area contributed by atoms with Crippen molar-refractivity contribution >= 4 is 5.82 Å². The van der Waals surface area contributed by atoms with Crippen LogP contribution < -0.4 is 5.32 Å². The first-order valence-electron chi connectivity index (χ1n) is 6.78. The quantitative estimate of drug-likeness (QED) is 0.829. The number of hydrogen-bond donors (Lipinski definition) is 1. The van der Waals surface area contributed by atoms with Crippen LogP contribution in [0, 0.1) is 0 Å². The summed E-state index contributed by atoms with van der Waals surface area (Å²) in [4.78, 5) is 8.91. The van der Waals surface area contributed by atoms with Crippen molar-refractivity contribution in [1.82, 2.24) is 25.0 Å². The van der Waals surface area contributed by atoms with Gasteiger partial charge in [-0.3, -0.25) is 0 Å². The zero-order chi connectivity index (χ0) is 14.4. The van der Waals surface area contributed by atoms with E-state index in [1.165, 1.54) is 0 Å². The van der Waals surface area contributed by atoms with Crippen molar-refractivity contribution in [1.29, 1.82) is 0 Å². The summed E-state index contributed by atoms with van der Waals surface area (Å²) in [5.74, 6) is 1.43. The minimum absolute atomic E-state index is 0.377. The molecule has 7 heteroatoms. The predicted octanol–water partition coefficient (Wildman–Crippen LogP) is 1.72. The Morgan fingerprint density at radius 3 is 2.85 bits per heavy atom. The molecular formula is C13H20N6O. The van der Waals surface area contributed by atoms with Gasteiger partial charge in [-0.2, -0.15) is 0 Å². The average Bonchev–Trinajstić information content (AvgIpc) is 2.88. The summed E-state index contributed by atoms with van der Waals surface area (Å²) < 4.78 is 6.98. The van der Waals surface area contributed by atoms with Crippen LogP contribution in [-0.4, -0.2) is 38.6 Å². The molecule has 0 radical (unpaired) electrons. The van der Waals surface area contributed by atoms with Gasteiger partial charge in [0, 0.05) is 26.3 Å². The van der Waals surface area contributed by atoms with E-state index in [4.69, 9.17) is 4.74 Å². The van der Waals surface area contributed by atoms with Crippen molar-refractivity contribution in [2.45, 2.75) is 33.4 Å². The second-order valence-electron chi connectivity index (χ2n) is 4.36. The maximum absolute atomic E-state index is 5.12. The highest BCUT2D eigenvalue weighted by Gasteiger charge is 2.11. The highest BCUT2D eigenvalue weighted by Crippen LogP contribution is 2.19. The van der Waals surface area contributed by atoms with Crippen molar-refractivity contribution in [3.63, 3.8) is 0 Å². The molecular weight excluding hydrogens is 256 g/mol. The van der Waals surface area contributed by atoms with E-state index in [0.29, 0.717) is 12.4 Å². The molecule has 2 rings (SSSR count). The molecule has 0 spiro atoms. The Morgan fingerprint density at radius 1 is 1.30 bits per heavy atom. The van der Waals surface area contributed by atoms with E-state index in [0.717, 1.165) is 36.7 Å². The molecule has 0 aliphatic carbocycles. The largest absolute Gasteiger partial charge is 0.377 e. The third-order valence-corrected chi connectivity index (χ3v) is 2.72. The summed E-state index contributed by atoms with van der Waals surface area (Å²) in [7, 11) is 1.63. The molecule has 0 aliphatic rings. The van der Waals surface area contributed by atoms with Gasteiger partial charge < -0.3 is 10.1 Å². The fourth-order valence-electron chi connectivity index (χ4n) is 1.93. The fourth-order valence-corrected chi connectivity index (χ4v) is 1.93. The number of hydrogen-bond acceptors (Lipinski definition) is 6. The van der Waals surface area contributed by atoms with Gasteiger partial charge >= 0.3 is 0 Å². The smallest absolute Gasteiger partial charge is 0.157 e. The van der Waals surface area contributed by atoms with Crippen molar-refractivity contribution in [2.24, 2.45) is 0 Å². The van der Waals surface area contributed by atoms with E-state index < -0.39 is 0 Å². The molecule has 0 unspecified atom stereocenters. The zero-order valence-corrected chi connectivity index (χ0v) is 12.1. The Morgan fingerprint density at radius 2 is 2.15 bits per heavy atom. The van der Waals surface area contributed by atoms with Crippen molar-refractivity contribution < 1.29 is 4.74 Å². The van der Waals surface area contributed by atoms with E-state index in [-0.39, 0.29) is 0 Å². The first kappa shape index (κ1) is 14.4. The predicted molar refractivity (Wildman–Crippen MR) is 76.2 cm³/mol. The van der Waals surface area contributed by atoms with Gasteiger partial charge in [0.15, 0.2) is 5.82 Å². The minimum atomic E-state index is 0.377. The Bertz CT molecular complexity index is 529. The average molecular weight is 276 g/mol. The van der Waals surface area contributed by atoms with Gasteiger partial charge in [-0.1, -0.05) is 12.1 Å². The highest BCUT2D eigenvalue weighted by atomic mass is 16.5. The number of aromatic nitrogens is 5. The maximum atomic E-state index is 5.12. The summed E-state index contributed by atoms with van der Waals surface area (Å²) >= 11 is 0. The van der Waals surface area contributed by atoms with Crippen LogP contribution in [0.1, 0.15) is 26.1 Å². The second kappa shape index (κ2) is 6.95. The number of ether oxygens (including phenoxy) is 1. The van der Waals surface area contributed by atoms with Crippen molar-refractivity contribution in [3.8, 4) is 11.4 Å². The first-order valence-corrected chi connectivity index (χ1v) is 6.78. The van der Waals surface area contributed by atoms with Crippen LogP contribution in [-0.2, 0) is 17.9 Å². The van der Waals surface area contributed by atoms with Gasteiger partial charge in [0.05, 0.1) is 11.9 Å². The van der Waals surface area contributed by atoms with Crippen LogP contribution in [0.4, 0.5) is 5.82 Å². The fraction of sp³-hybridized carbons (Fsp3) is 0.538. The van der Waals surface area contributed by atoms with E-state index in [1.54, 1.807) is 13.3 Å². The summed E-state index contributed by atoms with van der Waals surface area (Å²) in [6.07, 6.45) is 2.72. The normalized spacial score (nSPS) is 10.8. The molecule has 0 amide bonds. The molecule has 0 saturated carbocycles. The van der Waals surface area contributed by atoms with Gasteiger partial charge in [-0.25, -0.2) is 14.6 Å². The monoisotopic (exact) mass is 276 g/mol. The van der Waals surface area contributed by atoms with Gasteiger partial charge in [0.25, 0.3) is 0 Å². The summed E-state index contributed by atoms with van der Waals surface area (Å²) in [6, 6.07) is 1.91. The van der Waals surface area contributed by atoms with E-state index in [2.05, 4.69) is 32.5 Å². The maximum Gasteiger partial charge on any atom is 0.157 e. The van der Waals surface area contributed by atoms with E-state index in [9.17, 15) is 0 Å². The van der Waals surface area contributed by atoms with Crippen LogP contribution >= 0.6 is 0 Å². The first-order chi connectivity index (χ1) is 9.78. The molecule has 0 saturated heterocycles. The van der Waals surface area contributed by atoms with Crippen LogP contribution in [0.25, 0.3) is 11.4 Å². The summed E-state index contributed by atoms with van der Waals surface area (Å²) in [5.41, 5.74) is 1.70. The topological polar surface area (TPSA) is 77.8 Å². The Hall–Kier alpha value is -2.02. The molecule has 1 N–H and O–H groups in total. The van der Waals surface area contributed by atoms with E-state index in [1.807, 2.05) is 17.7 Å². The Labute approximate surface area is 118 Å². The molecule has 0 aromatic carbocycles. The zero-order valence-electron chi connectivity index (χ0n) is 12.1. The Balaban J connectivity index is 2.40. The summed E-state index contributed by atoms with van der Waals surface area (Å²) in [6.45, 7) is 6.12. The number of anilines is 1. The molecule has 7 nitrogen and oxygen atoms in total.